The number of benzene rings is 2. The van der Waals surface area contributed by atoms with Crippen molar-refractivity contribution in [3.8, 4) is 11.5 Å². The minimum Gasteiger partial charge on any atom is -0.457 e. The molecule has 0 spiro atoms. The second-order valence-electron chi connectivity index (χ2n) is 7.72. The lowest BCUT2D eigenvalue weighted by Gasteiger charge is -2.11. The maximum absolute atomic E-state index is 13.0. The van der Waals surface area contributed by atoms with E-state index in [0.717, 1.165) is 11.1 Å². The van der Waals surface area contributed by atoms with E-state index in [1.807, 2.05) is 32.0 Å². The number of amides is 1. The molecule has 0 radical (unpaired) electrons. The van der Waals surface area contributed by atoms with Crippen LogP contribution in [-0.4, -0.2) is 25.8 Å². The van der Waals surface area contributed by atoms with Crippen LogP contribution in [0.3, 0.4) is 0 Å². The van der Waals surface area contributed by atoms with Gasteiger partial charge in [-0.05, 0) is 38.0 Å². The van der Waals surface area contributed by atoms with Gasteiger partial charge in [-0.1, -0.05) is 28.9 Å². The van der Waals surface area contributed by atoms with E-state index in [-0.39, 0.29) is 29.4 Å². The van der Waals surface area contributed by atoms with Gasteiger partial charge in [-0.2, -0.15) is 5.10 Å². The van der Waals surface area contributed by atoms with Crippen LogP contribution in [0.2, 0.25) is 5.02 Å². The number of non-ortho nitro benzene ring substituents is 1. The fourth-order valence-corrected chi connectivity index (χ4v) is 3.45. The zero-order valence-electron chi connectivity index (χ0n) is 18.5. The number of carbonyl (C=O) groups is 1. The van der Waals surface area contributed by atoms with Gasteiger partial charge in [-0.25, -0.2) is 0 Å². The van der Waals surface area contributed by atoms with Gasteiger partial charge in [-0.3, -0.25) is 19.6 Å². The molecule has 2 aromatic heterocycles. The van der Waals surface area contributed by atoms with E-state index in [2.05, 4.69) is 15.6 Å². The number of nitro groups is 1. The average Bonchev–Trinajstić information content (AvgIpc) is 3.36. The van der Waals surface area contributed by atoms with Crippen LogP contribution < -0.4 is 10.1 Å². The molecule has 0 unspecified atom stereocenters. The smallest absolute Gasteiger partial charge is 0.278 e. The Kier molecular flexibility index (Phi) is 6.33. The fraction of sp³-hybridized carbons (Fsp3) is 0.174. The van der Waals surface area contributed by atoms with Crippen LogP contribution in [0.4, 0.5) is 11.4 Å². The average molecular weight is 482 g/mol. The Bertz CT molecular complexity index is 1390. The van der Waals surface area contributed by atoms with E-state index in [9.17, 15) is 14.9 Å². The van der Waals surface area contributed by atoms with E-state index in [4.69, 9.17) is 20.9 Å². The van der Waals surface area contributed by atoms with Crippen LogP contribution in [0.1, 0.15) is 32.9 Å². The van der Waals surface area contributed by atoms with Crippen LogP contribution >= 0.6 is 11.6 Å². The van der Waals surface area contributed by atoms with Gasteiger partial charge in [0.05, 0.1) is 34.4 Å². The number of nitro benzene ring substituents is 1. The zero-order chi connectivity index (χ0) is 24.4. The molecule has 0 aliphatic heterocycles. The summed E-state index contributed by atoms with van der Waals surface area (Å²) in [6.45, 7) is 5.67. The number of carbonyl (C=O) groups excluding carboxylic acids is 1. The van der Waals surface area contributed by atoms with Gasteiger partial charge in [0.1, 0.15) is 17.3 Å². The van der Waals surface area contributed by atoms with Crippen molar-refractivity contribution in [2.45, 2.75) is 27.3 Å². The Morgan fingerprint density at radius 1 is 1.24 bits per heavy atom. The molecule has 0 bridgehead atoms. The quantitative estimate of drug-likeness (QED) is 0.274. The third kappa shape index (κ3) is 5.07. The molecule has 1 N–H and O–H groups in total. The second-order valence-corrected chi connectivity index (χ2v) is 8.16. The van der Waals surface area contributed by atoms with Crippen molar-refractivity contribution < 1.29 is 19.0 Å². The number of aryl methyl sites for hydroxylation is 3. The lowest BCUT2D eigenvalue weighted by Crippen LogP contribution is -2.16. The number of hydrogen-bond acceptors (Lipinski definition) is 7. The normalized spacial score (nSPS) is 10.8. The predicted octanol–water partition coefficient (Wildman–Crippen LogP) is 5.45. The standard InChI is InChI=1S/C23H20ClN5O5/c1-13-4-5-14(2)21(6-13)33-19-8-17(7-18(9-19)29(31)32)26-23(30)22-20(15(3)34-27-22)12-28-11-16(24)10-25-28/h4-11H,12H2,1-3H3,(H,26,30). The Morgan fingerprint density at radius 2 is 2.03 bits per heavy atom. The van der Waals surface area contributed by atoms with Crippen LogP contribution in [0, 0.1) is 30.9 Å². The molecule has 0 saturated heterocycles. The largest absolute Gasteiger partial charge is 0.457 e. The number of hydrogen-bond donors (Lipinski definition) is 1. The van der Waals surface area contributed by atoms with Crippen molar-refractivity contribution >= 4 is 28.9 Å². The lowest BCUT2D eigenvalue weighted by atomic mass is 10.1. The monoisotopic (exact) mass is 481 g/mol. The summed E-state index contributed by atoms with van der Waals surface area (Å²) in [7, 11) is 0. The SMILES string of the molecule is Cc1ccc(C)c(Oc2cc(NC(=O)c3noc(C)c3Cn3cc(Cl)cn3)cc([N+](=O)[O-])c2)c1. The van der Waals surface area contributed by atoms with Crippen molar-refractivity contribution in [3.63, 3.8) is 0 Å². The Hall–Kier alpha value is -4.18. The number of halogens is 1. The van der Waals surface area contributed by atoms with Crippen molar-refractivity contribution in [2.75, 3.05) is 5.32 Å². The highest BCUT2D eigenvalue weighted by molar-refractivity contribution is 6.30. The summed E-state index contributed by atoms with van der Waals surface area (Å²) in [5, 5.41) is 22.5. The fourth-order valence-electron chi connectivity index (χ4n) is 3.30. The van der Waals surface area contributed by atoms with E-state index in [0.29, 0.717) is 22.1 Å². The summed E-state index contributed by atoms with van der Waals surface area (Å²) in [5.74, 6) is 0.615. The summed E-state index contributed by atoms with van der Waals surface area (Å²) >= 11 is 5.91. The molecule has 174 valence electrons. The Balaban J connectivity index is 1.62. The Morgan fingerprint density at radius 3 is 2.74 bits per heavy atom. The van der Waals surface area contributed by atoms with E-state index < -0.39 is 10.8 Å². The van der Waals surface area contributed by atoms with Crippen LogP contribution in [0.25, 0.3) is 0 Å². The summed E-state index contributed by atoms with van der Waals surface area (Å²) in [6, 6.07) is 9.71. The van der Waals surface area contributed by atoms with E-state index >= 15 is 0 Å². The first-order valence-corrected chi connectivity index (χ1v) is 10.6. The molecule has 34 heavy (non-hydrogen) atoms. The maximum atomic E-state index is 13.0. The summed E-state index contributed by atoms with van der Waals surface area (Å²) in [6.07, 6.45) is 3.08. The molecule has 10 nitrogen and oxygen atoms in total. The van der Waals surface area contributed by atoms with Crippen molar-refractivity contribution in [3.05, 3.63) is 92.1 Å². The minimum atomic E-state index is -0.594. The summed E-state index contributed by atoms with van der Waals surface area (Å²) in [4.78, 5) is 23.9. The number of nitrogens with one attached hydrogen (secondary N) is 1. The molecule has 0 aliphatic rings. The highest BCUT2D eigenvalue weighted by Gasteiger charge is 2.22. The zero-order valence-corrected chi connectivity index (χ0v) is 19.3. The third-order valence-corrected chi connectivity index (χ3v) is 5.25. The third-order valence-electron chi connectivity index (χ3n) is 5.05. The number of nitrogens with zero attached hydrogens (tertiary/aromatic N) is 4. The van der Waals surface area contributed by atoms with Gasteiger partial charge >= 0.3 is 0 Å². The molecular formula is C23H20ClN5O5. The molecule has 1 amide bonds. The number of anilines is 1. The van der Waals surface area contributed by atoms with Crippen LogP contribution in [-0.2, 0) is 6.54 Å². The van der Waals surface area contributed by atoms with E-state index in [1.165, 1.54) is 24.4 Å². The van der Waals surface area contributed by atoms with Gasteiger partial charge in [0.2, 0.25) is 0 Å². The lowest BCUT2D eigenvalue weighted by molar-refractivity contribution is -0.384. The van der Waals surface area contributed by atoms with Gasteiger partial charge in [0, 0.05) is 23.9 Å². The molecule has 4 aromatic rings. The van der Waals surface area contributed by atoms with Crippen molar-refractivity contribution in [1.82, 2.24) is 14.9 Å². The minimum absolute atomic E-state index is 0.0348. The topological polar surface area (TPSA) is 125 Å². The first-order valence-electron chi connectivity index (χ1n) is 10.2. The molecule has 0 aliphatic carbocycles. The maximum Gasteiger partial charge on any atom is 0.278 e. The van der Waals surface area contributed by atoms with Gasteiger partial charge in [0.25, 0.3) is 11.6 Å². The molecule has 2 aromatic carbocycles. The number of rotatable bonds is 7. The van der Waals surface area contributed by atoms with Crippen molar-refractivity contribution in [1.29, 1.82) is 0 Å². The summed E-state index contributed by atoms with van der Waals surface area (Å²) < 4.78 is 12.7. The Labute approximate surface area is 199 Å². The molecule has 4 rings (SSSR count). The molecule has 0 fully saturated rings. The first-order chi connectivity index (χ1) is 16.2. The van der Waals surface area contributed by atoms with Crippen LogP contribution in [0.5, 0.6) is 11.5 Å². The van der Waals surface area contributed by atoms with Gasteiger partial charge in [-0.15, -0.1) is 0 Å². The highest BCUT2D eigenvalue weighted by atomic mass is 35.5. The highest BCUT2D eigenvalue weighted by Crippen LogP contribution is 2.32. The molecule has 0 saturated carbocycles. The van der Waals surface area contributed by atoms with Gasteiger partial charge in [0.15, 0.2) is 5.69 Å². The number of aromatic nitrogens is 3. The predicted molar refractivity (Wildman–Crippen MR) is 125 cm³/mol. The second kappa shape index (κ2) is 9.36. The molecule has 2 heterocycles. The van der Waals surface area contributed by atoms with Crippen molar-refractivity contribution in [2.24, 2.45) is 0 Å². The number of ether oxygens (including phenoxy) is 1. The summed E-state index contributed by atoms with van der Waals surface area (Å²) in [5.41, 5.74) is 2.33. The molecule has 11 heteroatoms. The first kappa shape index (κ1) is 23.0. The van der Waals surface area contributed by atoms with Gasteiger partial charge < -0.3 is 14.6 Å². The molecule has 0 atom stereocenters. The van der Waals surface area contributed by atoms with E-state index in [1.54, 1.807) is 17.8 Å². The van der Waals surface area contributed by atoms with Crippen LogP contribution in [0.15, 0.2) is 53.3 Å². The molecular weight excluding hydrogens is 462 g/mol.